The minimum Gasteiger partial charge on any atom is -0.333 e. The molecule has 90 valence electrons. The summed E-state index contributed by atoms with van der Waals surface area (Å²) in [5.41, 5.74) is 1.38. The van der Waals surface area contributed by atoms with E-state index in [1.54, 1.807) is 0 Å². The summed E-state index contributed by atoms with van der Waals surface area (Å²) in [5, 5.41) is 3.67. The van der Waals surface area contributed by atoms with Crippen LogP contribution in [-0.2, 0) is 6.54 Å². The molecule has 1 aliphatic heterocycles. The Morgan fingerprint density at radius 2 is 2.38 bits per heavy atom. The second-order valence-electron chi connectivity index (χ2n) is 4.92. The third kappa shape index (κ3) is 2.64. The summed E-state index contributed by atoms with van der Waals surface area (Å²) < 4.78 is 2.32. The predicted molar refractivity (Wildman–Crippen MR) is 66.3 cm³/mol. The smallest absolute Gasteiger partial charge is 0.0948 e. The van der Waals surface area contributed by atoms with Crippen LogP contribution in [0.25, 0.3) is 0 Å². The van der Waals surface area contributed by atoms with Crippen molar-refractivity contribution in [3.8, 4) is 0 Å². The van der Waals surface area contributed by atoms with Gasteiger partial charge in [0, 0.05) is 24.8 Å². The SMILES string of the molecule is CCCCn1cncc1C1CCCC(C)N1. The highest BCUT2D eigenvalue weighted by molar-refractivity contribution is 5.07. The predicted octanol–water partition coefficient (Wildman–Crippen LogP) is 2.89. The van der Waals surface area contributed by atoms with Gasteiger partial charge < -0.3 is 9.88 Å². The molecule has 3 nitrogen and oxygen atoms in total. The first kappa shape index (κ1) is 11.6. The second kappa shape index (κ2) is 5.48. The Kier molecular flexibility index (Phi) is 3.99. The van der Waals surface area contributed by atoms with Crippen LogP contribution in [0.4, 0.5) is 0 Å². The van der Waals surface area contributed by atoms with Crippen LogP contribution in [0.15, 0.2) is 12.5 Å². The average Bonchev–Trinajstić information content (AvgIpc) is 2.74. The molecule has 16 heavy (non-hydrogen) atoms. The van der Waals surface area contributed by atoms with Gasteiger partial charge in [-0.05, 0) is 32.6 Å². The maximum Gasteiger partial charge on any atom is 0.0948 e. The van der Waals surface area contributed by atoms with Gasteiger partial charge in [-0.3, -0.25) is 0 Å². The number of nitrogens with one attached hydrogen (secondary N) is 1. The lowest BCUT2D eigenvalue weighted by atomic mass is 9.97. The highest BCUT2D eigenvalue weighted by Crippen LogP contribution is 2.25. The fourth-order valence-electron chi connectivity index (χ4n) is 2.51. The molecule has 1 aromatic heterocycles. The molecule has 0 saturated carbocycles. The standard InChI is InChI=1S/C13H23N3/c1-3-4-8-16-10-14-9-13(16)12-7-5-6-11(2)15-12/h9-12,15H,3-8H2,1-2H3. The fraction of sp³-hybridized carbons (Fsp3) is 0.769. The number of nitrogens with zero attached hydrogens (tertiary/aromatic N) is 2. The maximum absolute atomic E-state index is 4.30. The van der Waals surface area contributed by atoms with Crippen molar-refractivity contribution >= 4 is 0 Å². The summed E-state index contributed by atoms with van der Waals surface area (Å²) in [6.07, 6.45) is 10.4. The largest absolute Gasteiger partial charge is 0.333 e. The van der Waals surface area contributed by atoms with E-state index in [-0.39, 0.29) is 0 Å². The van der Waals surface area contributed by atoms with Gasteiger partial charge in [-0.1, -0.05) is 13.3 Å². The minimum atomic E-state index is 0.517. The molecule has 0 aromatic carbocycles. The summed E-state index contributed by atoms with van der Waals surface area (Å²) in [6, 6.07) is 1.16. The van der Waals surface area contributed by atoms with E-state index in [1.807, 2.05) is 12.5 Å². The summed E-state index contributed by atoms with van der Waals surface area (Å²) in [6.45, 7) is 5.62. The Labute approximate surface area is 98.3 Å². The van der Waals surface area contributed by atoms with Crippen LogP contribution in [-0.4, -0.2) is 15.6 Å². The number of rotatable bonds is 4. The van der Waals surface area contributed by atoms with Crippen molar-refractivity contribution in [3.05, 3.63) is 18.2 Å². The van der Waals surface area contributed by atoms with Crippen LogP contribution in [0.1, 0.15) is 57.7 Å². The van der Waals surface area contributed by atoms with E-state index in [2.05, 4.69) is 28.7 Å². The second-order valence-corrected chi connectivity index (χ2v) is 4.92. The molecule has 1 aliphatic rings. The molecular weight excluding hydrogens is 198 g/mol. The molecule has 0 aliphatic carbocycles. The van der Waals surface area contributed by atoms with E-state index >= 15 is 0 Å². The lowest BCUT2D eigenvalue weighted by Crippen LogP contribution is -2.35. The summed E-state index contributed by atoms with van der Waals surface area (Å²) >= 11 is 0. The van der Waals surface area contributed by atoms with Crippen molar-refractivity contribution in [2.24, 2.45) is 0 Å². The topological polar surface area (TPSA) is 29.9 Å². The molecular formula is C13H23N3. The van der Waals surface area contributed by atoms with Gasteiger partial charge in [0.25, 0.3) is 0 Å². The Bertz CT molecular complexity index is 319. The Hall–Kier alpha value is -0.830. The first-order chi connectivity index (χ1) is 7.81. The lowest BCUT2D eigenvalue weighted by molar-refractivity contribution is 0.328. The van der Waals surface area contributed by atoms with Gasteiger partial charge in [0.15, 0.2) is 0 Å². The number of aromatic nitrogens is 2. The number of piperidine rings is 1. The minimum absolute atomic E-state index is 0.517. The number of hydrogen-bond donors (Lipinski definition) is 1. The summed E-state index contributed by atoms with van der Waals surface area (Å²) in [5.74, 6) is 0. The fourth-order valence-corrected chi connectivity index (χ4v) is 2.51. The quantitative estimate of drug-likeness (QED) is 0.847. The van der Waals surface area contributed by atoms with Crippen molar-refractivity contribution < 1.29 is 0 Å². The first-order valence-corrected chi connectivity index (χ1v) is 6.57. The van der Waals surface area contributed by atoms with Gasteiger partial charge in [0.2, 0.25) is 0 Å². The van der Waals surface area contributed by atoms with Crippen LogP contribution in [0.2, 0.25) is 0 Å². The number of aryl methyl sites for hydroxylation is 1. The summed E-state index contributed by atoms with van der Waals surface area (Å²) in [4.78, 5) is 4.30. The molecule has 0 spiro atoms. The Balaban J connectivity index is 2.04. The van der Waals surface area contributed by atoms with Crippen molar-refractivity contribution in [1.29, 1.82) is 0 Å². The van der Waals surface area contributed by atoms with Crippen LogP contribution >= 0.6 is 0 Å². The van der Waals surface area contributed by atoms with Gasteiger partial charge in [-0.25, -0.2) is 4.98 Å². The van der Waals surface area contributed by atoms with Crippen molar-refractivity contribution in [2.45, 2.75) is 64.6 Å². The molecule has 0 bridgehead atoms. The maximum atomic E-state index is 4.30. The highest BCUT2D eigenvalue weighted by atomic mass is 15.1. The van der Waals surface area contributed by atoms with E-state index in [4.69, 9.17) is 0 Å². The third-order valence-corrected chi connectivity index (χ3v) is 3.47. The van der Waals surface area contributed by atoms with Crippen LogP contribution < -0.4 is 5.32 Å². The van der Waals surface area contributed by atoms with Gasteiger partial charge >= 0.3 is 0 Å². The normalized spacial score (nSPS) is 25.9. The zero-order chi connectivity index (χ0) is 11.4. The molecule has 1 saturated heterocycles. The molecule has 1 aromatic rings. The van der Waals surface area contributed by atoms with Crippen LogP contribution in [0, 0.1) is 0 Å². The molecule has 3 heteroatoms. The van der Waals surface area contributed by atoms with Crippen molar-refractivity contribution in [1.82, 2.24) is 14.9 Å². The lowest BCUT2D eigenvalue weighted by Gasteiger charge is -2.29. The molecule has 0 amide bonds. The van der Waals surface area contributed by atoms with Crippen LogP contribution in [0.5, 0.6) is 0 Å². The number of unbranched alkanes of at least 4 members (excludes halogenated alkanes) is 1. The van der Waals surface area contributed by atoms with E-state index in [0.717, 1.165) is 6.54 Å². The molecule has 1 fully saturated rings. The van der Waals surface area contributed by atoms with E-state index in [9.17, 15) is 0 Å². The van der Waals surface area contributed by atoms with Crippen molar-refractivity contribution in [2.75, 3.05) is 0 Å². The molecule has 2 atom stereocenters. The molecule has 0 radical (unpaired) electrons. The van der Waals surface area contributed by atoms with Gasteiger partial charge in [-0.15, -0.1) is 0 Å². The Morgan fingerprint density at radius 3 is 3.12 bits per heavy atom. The number of imidazole rings is 1. The van der Waals surface area contributed by atoms with Gasteiger partial charge in [0.1, 0.15) is 0 Å². The average molecular weight is 221 g/mol. The highest BCUT2D eigenvalue weighted by Gasteiger charge is 2.21. The van der Waals surface area contributed by atoms with Crippen molar-refractivity contribution in [3.63, 3.8) is 0 Å². The summed E-state index contributed by atoms with van der Waals surface area (Å²) in [7, 11) is 0. The van der Waals surface area contributed by atoms with E-state index < -0.39 is 0 Å². The first-order valence-electron chi connectivity index (χ1n) is 6.57. The van der Waals surface area contributed by atoms with Gasteiger partial charge in [-0.2, -0.15) is 0 Å². The zero-order valence-electron chi connectivity index (χ0n) is 10.4. The molecule has 1 N–H and O–H groups in total. The van der Waals surface area contributed by atoms with Gasteiger partial charge in [0.05, 0.1) is 12.0 Å². The number of hydrogen-bond acceptors (Lipinski definition) is 2. The zero-order valence-corrected chi connectivity index (χ0v) is 10.4. The molecule has 2 unspecified atom stereocenters. The van der Waals surface area contributed by atoms with E-state index in [1.165, 1.54) is 37.8 Å². The molecule has 2 rings (SSSR count). The molecule has 2 heterocycles. The third-order valence-electron chi connectivity index (χ3n) is 3.47. The van der Waals surface area contributed by atoms with Crippen LogP contribution in [0.3, 0.4) is 0 Å². The Morgan fingerprint density at radius 1 is 1.50 bits per heavy atom. The monoisotopic (exact) mass is 221 g/mol. The van der Waals surface area contributed by atoms with E-state index in [0.29, 0.717) is 12.1 Å².